The van der Waals surface area contributed by atoms with Gasteiger partial charge in [-0.05, 0) is 25.1 Å². The highest BCUT2D eigenvalue weighted by Gasteiger charge is 2.16. The van der Waals surface area contributed by atoms with Crippen LogP contribution in [0, 0.1) is 0 Å². The summed E-state index contributed by atoms with van der Waals surface area (Å²) in [4.78, 5) is 4.79. The Morgan fingerprint density at radius 2 is 1.71 bits per heavy atom. The summed E-state index contributed by atoms with van der Waals surface area (Å²) >= 11 is 0. The molecule has 1 saturated heterocycles. The number of para-hydroxylation sites is 1. The molecule has 0 saturated carbocycles. The number of piperazine rings is 1. The van der Waals surface area contributed by atoms with Crippen molar-refractivity contribution in [1.29, 1.82) is 0 Å². The van der Waals surface area contributed by atoms with Gasteiger partial charge in [0.25, 0.3) is 0 Å². The van der Waals surface area contributed by atoms with E-state index in [1.807, 2.05) is 6.07 Å². The van der Waals surface area contributed by atoms with E-state index < -0.39 is 10.0 Å². The zero-order valence-corrected chi connectivity index (χ0v) is 14.9. The Morgan fingerprint density at radius 1 is 1.10 bits per heavy atom. The van der Waals surface area contributed by atoms with Crippen LogP contribution in [-0.4, -0.2) is 58.8 Å². The Labute approximate surface area is 138 Å². The topological polar surface area (TPSA) is 52.7 Å². The number of hydrogen-bond donors (Lipinski definition) is 1. The van der Waals surface area contributed by atoms with E-state index in [1.54, 1.807) is 0 Å². The highest BCUT2D eigenvalue weighted by Crippen LogP contribution is 2.15. The monoisotopic (exact) mass is 377 g/mol. The van der Waals surface area contributed by atoms with E-state index in [1.165, 1.54) is 11.9 Å². The molecule has 2 rings (SSSR count). The van der Waals surface area contributed by atoms with Crippen LogP contribution in [-0.2, 0) is 10.0 Å². The molecule has 0 aromatic heterocycles. The number of benzene rings is 1. The summed E-state index contributed by atoms with van der Waals surface area (Å²) in [6, 6.07) is 10.5. The van der Waals surface area contributed by atoms with E-state index in [0.717, 1.165) is 39.1 Å². The molecular formula is C14H24BrN3O2S. The second-order valence-electron chi connectivity index (χ2n) is 5.18. The Hall–Kier alpha value is -0.630. The van der Waals surface area contributed by atoms with Crippen molar-refractivity contribution >= 4 is 32.7 Å². The average Bonchev–Trinajstić information content (AvgIpc) is 2.44. The molecule has 1 aromatic carbocycles. The molecule has 1 aliphatic rings. The fraction of sp³-hybridized carbons (Fsp3) is 0.571. The highest BCUT2D eigenvalue weighted by molar-refractivity contribution is 8.93. The van der Waals surface area contributed by atoms with Crippen molar-refractivity contribution in [3.8, 4) is 0 Å². The molecule has 120 valence electrons. The molecule has 7 heteroatoms. The summed E-state index contributed by atoms with van der Waals surface area (Å²) in [6.07, 6.45) is 2.06. The van der Waals surface area contributed by atoms with Crippen LogP contribution in [0.15, 0.2) is 30.3 Å². The van der Waals surface area contributed by atoms with Crippen LogP contribution < -0.4 is 9.62 Å². The van der Waals surface area contributed by atoms with Gasteiger partial charge < -0.3 is 4.90 Å². The van der Waals surface area contributed by atoms with Gasteiger partial charge in [0, 0.05) is 38.4 Å². The molecule has 0 bridgehead atoms. The lowest BCUT2D eigenvalue weighted by molar-refractivity contribution is 0.255. The molecule has 1 N–H and O–H groups in total. The van der Waals surface area contributed by atoms with Gasteiger partial charge >= 0.3 is 0 Å². The smallest absolute Gasteiger partial charge is 0.208 e. The Morgan fingerprint density at radius 3 is 2.29 bits per heavy atom. The van der Waals surface area contributed by atoms with Crippen molar-refractivity contribution in [2.75, 3.05) is 50.4 Å². The van der Waals surface area contributed by atoms with Crippen LogP contribution in [0.4, 0.5) is 5.69 Å². The SMILES string of the molecule is Br.CS(=O)(=O)NCCCN1CCN(c2ccccc2)CC1. The quantitative estimate of drug-likeness (QED) is 0.759. The van der Waals surface area contributed by atoms with Gasteiger partial charge in [-0.1, -0.05) is 18.2 Å². The third-order valence-electron chi connectivity index (χ3n) is 3.51. The van der Waals surface area contributed by atoms with Crippen molar-refractivity contribution in [3.05, 3.63) is 30.3 Å². The zero-order valence-electron chi connectivity index (χ0n) is 12.4. The van der Waals surface area contributed by atoms with E-state index >= 15 is 0 Å². The van der Waals surface area contributed by atoms with Gasteiger partial charge in [0.2, 0.25) is 10.0 Å². The predicted molar refractivity (Wildman–Crippen MR) is 92.9 cm³/mol. The lowest BCUT2D eigenvalue weighted by Crippen LogP contribution is -2.47. The van der Waals surface area contributed by atoms with Crippen LogP contribution in [0.25, 0.3) is 0 Å². The van der Waals surface area contributed by atoms with Crippen molar-refractivity contribution in [2.24, 2.45) is 0 Å². The normalized spacial score (nSPS) is 16.5. The standard InChI is InChI=1S/C14H23N3O2S.BrH/c1-20(18,19)15-8-5-9-16-10-12-17(13-11-16)14-6-3-2-4-7-14;/h2-4,6-7,15H,5,8-13H2,1H3;1H. The van der Waals surface area contributed by atoms with Crippen molar-refractivity contribution in [2.45, 2.75) is 6.42 Å². The van der Waals surface area contributed by atoms with E-state index in [4.69, 9.17) is 0 Å². The van der Waals surface area contributed by atoms with Gasteiger partial charge in [-0.2, -0.15) is 0 Å². The molecule has 0 atom stereocenters. The molecular weight excluding hydrogens is 354 g/mol. The zero-order chi connectivity index (χ0) is 14.4. The largest absolute Gasteiger partial charge is 0.369 e. The average molecular weight is 378 g/mol. The molecule has 0 amide bonds. The molecule has 21 heavy (non-hydrogen) atoms. The van der Waals surface area contributed by atoms with Crippen LogP contribution in [0.5, 0.6) is 0 Å². The number of anilines is 1. The molecule has 0 unspecified atom stereocenters. The van der Waals surface area contributed by atoms with Gasteiger partial charge in [0.05, 0.1) is 6.26 Å². The van der Waals surface area contributed by atoms with Gasteiger partial charge in [-0.3, -0.25) is 4.90 Å². The number of halogens is 1. The highest BCUT2D eigenvalue weighted by atomic mass is 79.9. The Balaban J connectivity index is 0.00000220. The molecule has 0 spiro atoms. The fourth-order valence-corrected chi connectivity index (χ4v) is 2.94. The van der Waals surface area contributed by atoms with Gasteiger partial charge in [-0.15, -0.1) is 17.0 Å². The summed E-state index contributed by atoms with van der Waals surface area (Å²) in [5, 5.41) is 0. The first kappa shape index (κ1) is 18.4. The maximum atomic E-state index is 11.0. The lowest BCUT2D eigenvalue weighted by atomic mass is 10.2. The molecule has 1 aliphatic heterocycles. The van der Waals surface area contributed by atoms with E-state index in [9.17, 15) is 8.42 Å². The molecule has 5 nitrogen and oxygen atoms in total. The number of nitrogens with zero attached hydrogens (tertiary/aromatic N) is 2. The fourth-order valence-electron chi connectivity index (χ4n) is 2.43. The summed E-state index contributed by atoms with van der Waals surface area (Å²) < 4.78 is 24.4. The van der Waals surface area contributed by atoms with Crippen LogP contribution >= 0.6 is 17.0 Å². The third-order valence-corrected chi connectivity index (χ3v) is 4.24. The van der Waals surface area contributed by atoms with Crippen LogP contribution in [0.3, 0.4) is 0 Å². The first-order chi connectivity index (χ1) is 9.54. The van der Waals surface area contributed by atoms with Crippen molar-refractivity contribution in [3.63, 3.8) is 0 Å². The molecule has 1 fully saturated rings. The number of hydrogen-bond acceptors (Lipinski definition) is 4. The maximum absolute atomic E-state index is 11.0. The number of rotatable bonds is 6. The molecule has 1 aromatic rings. The van der Waals surface area contributed by atoms with E-state index in [0.29, 0.717) is 6.54 Å². The molecule has 1 heterocycles. The molecule has 0 radical (unpaired) electrons. The second kappa shape index (κ2) is 8.73. The minimum Gasteiger partial charge on any atom is -0.369 e. The van der Waals surface area contributed by atoms with Crippen molar-refractivity contribution < 1.29 is 8.42 Å². The first-order valence-corrected chi connectivity index (χ1v) is 8.91. The minimum atomic E-state index is -3.05. The van der Waals surface area contributed by atoms with Crippen LogP contribution in [0.1, 0.15) is 6.42 Å². The Bertz CT molecular complexity index is 502. The predicted octanol–water partition coefficient (Wildman–Crippen LogP) is 1.33. The van der Waals surface area contributed by atoms with E-state index in [2.05, 4.69) is 38.8 Å². The van der Waals surface area contributed by atoms with Gasteiger partial charge in [-0.25, -0.2) is 13.1 Å². The summed E-state index contributed by atoms with van der Waals surface area (Å²) in [5.41, 5.74) is 1.28. The molecule has 0 aliphatic carbocycles. The minimum absolute atomic E-state index is 0. The number of sulfonamides is 1. The van der Waals surface area contributed by atoms with Crippen LogP contribution in [0.2, 0.25) is 0 Å². The summed E-state index contributed by atoms with van der Waals surface area (Å²) in [7, 11) is -3.05. The summed E-state index contributed by atoms with van der Waals surface area (Å²) in [6.45, 7) is 5.61. The number of nitrogens with one attached hydrogen (secondary N) is 1. The third kappa shape index (κ3) is 6.78. The lowest BCUT2D eigenvalue weighted by Gasteiger charge is -2.36. The van der Waals surface area contributed by atoms with Crippen molar-refractivity contribution in [1.82, 2.24) is 9.62 Å². The van der Waals surface area contributed by atoms with E-state index in [-0.39, 0.29) is 17.0 Å². The second-order valence-corrected chi connectivity index (χ2v) is 7.02. The van der Waals surface area contributed by atoms with Gasteiger partial charge in [0.1, 0.15) is 0 Å². The Kier molecular flexibility index (Phi) is 7.65. The first-order valence-electron chi connectivity index (χ1n) is 7.01. The maximum Gasteiger partial charge on any atom is 0.208 e. The summed E-state index contributed by atoms with van der Waals surface area (Å²) in [5.74, 6) is 0. The van der Waals surface area contributed by atoms with Gasteiger partial charge in [0.15, 0.2) is 0 Å².